The Kier molecular flexibility index (Phi) is 6.20. The Morgan fingerprint density at radius 3 is 2.15 bits per heavy atom. The largest absolute Gasteiger partial charge is 0.478 e. The predicted molar refractivity (Wildman–Crippen MR) is 132 cm³/mol. The first-order chi connectivity index (χ1) is 15.7. The molecule has 0 radical (unpaired) electrons. The van der Waals surface area contributed by atoms with Gasteiger partial charge in [-0.15, -0.1) is 0 Å². The van der Waals surface area contributed by atoms with E-state index < -0.39 is 5.97 Å². The molecule has 0 saturated heterocycles. The minimum absolute atomic E-state index is 0.000262. The van der Waals surface area contributed by atoms with Crippen molar-refractivity contribution in [3.05, 3.63) is 101 Å². The zero-order valence-electron chi connectivity index (χ0n) is 18.7. The van der Waals surface area contributed by atoms with Gasteiger partial charge in [-0.25, -0.2) is 4.79 Å². The Bertz CT molecular complexity index is 1350. The summed E-state index contributed by atoms with van der Waals surface area (Å²) in [4.78, 5) is 26.0. The molecule has 4 aromatic rings. The van der Waals surface area contributed by atoms with Gasteiger partial charge in [-0.05, 0) is 34.2 Å². The number of nitrogens with zero attached hydrogens (tertiary/aromatic N) is 2. The van der Waals surface area contributed by atoms with E-state index in [4.69, 9.17) is 0 Å². The Labute approximate surface area is 196 Å². The number of carbonyl (C=O) groups is 2. The van der Waals surface area contributed by atoms with Gasteiger partial charge in [0.05, 0.1) is 17.3 Å². The van der Waals surface area contributed by atoms with Crippen LogP contribution in [0.3, 0.4) is 0 Å². The summed E-state index contributed by atoms with van der Waals surface area (Å²) >= 11 is 1.07. The summed E-state index contributed by atoms with van der Waals surface area (Å²) in [6.45, 7) is 6.41. The lowest BCUT2D eigenvalue weighted by Gasteiger charge is -2.19. The summed E-state index contributed by atoms with van der Waals surface area (Å²) in [5, 5.41) is 10.2. The number of hydrogen-bond donors (Lipinski definition) is 1. The summed E-state index contributed by atoms with van der Waals surface area (Å²) in [7, 11) is 0. The van der Waals surface area contributed by atoms with Crippen molar-refractivity contribution in [2.75, 3.05) is 0 Å². The van der Waals surface area contributed by atoms with Crippen molar-refractivity contribution in [1.82, 2.24) is 8.75 Å². The molecule has 0 fully saturated rings. The third kappa shape index (κ3) is 4.91. The maximum absolute atomic E-state index is 13.6. The molecule has 1 aromatic heterocycles. The van der Waals surface area contributed by atoms with Crippen LogP contribution in [-0.2, 0) is 16.6 Å². The van der Waals surface area contributed by atoms with Gasteiger partial charge in [0, 0.05) is 17.6 Å². The maximum Gasteiger partial charge on any atom is 0.336 e. The molecular formula is C27H24N2O3S. The summed E-state index contributed by atoms with van der Waals surface area (Å²) in [6.07, 6.45) is 0.202. The molecule has 0 aliphatic carbocycles. The molecule has 1 heterocycles. The van der Waals surface area contributed by atoms with Crippen LogP contribution in [0, 0.1) is 0 Å². The van der Waals surface area contributed by atoms with E-state index in [1.807, 2.05) is 30.3 Å². The first-order valence-electron chi connectivity index (χ1n) is 10.6. The minimum Gasteiger partial charge on any atom is -0.478 e. The molecule has 0 aliphatic heterocycles. The molecule has 166 valence electrons. The maximum atomic E-state index is 13.6. The van der Waals surface area contributed by atoms with Gasteiger partial charge in [0.1, 0.15) is 11.0 Å². The van der Waals surface area contributed by atoms with Gasteiger partial charge in [0.2, 0.25) is 0 Å². The molecule has 33 heavy (non-hydrogen) atoms. The van der Waals surface area contributed by atoms with E-state index in [-0.39, 0.29) is 28.8 Å². The first-order valence-corrected chi connectivity index (χ1v) is 11.4. The molecule has 0 spiro atoms. The highest BCUT2D eigenvalue weighted by Gasteiger charge is 2.24. The van der Waals surface area contributed by atoms with E-state index >= 15 is 0 Å². The average Bonchev–Trinajstić information content (AvgIpc) is 3.26. The average molecular weight is 457 g/mol. The Hall–Kier alpha value is -3.64. The van der Waals surface area contributed by atoms with Gasteiger partial charge in [0.25, 0.3) is 0 Å². The third-order valence-electron chi connectivity index (χ3n) is 5.57. The lowest BCUT2D eigenvalue weighted by molar-refractivity contribution is -0.130. The van der Waals surface area contributed by atoms with Crippen molar-refractivity contribution in [3.8, 4) is 0 Å². The third-order valence-corrected chi connectivity index (χ3v) is 6.13. The molecule has 0 atom stereocenters. The fourth-order valence-electron chi connectivity index (χ4n) is 3.74. The first kappa shape index (κ1) is 22.6. The van der Waals surface area contributed by atoms with Crippen LogP contribution in [0.25, 0.3) is 16.6 Å². The number of aromatic nitrogens is 2. The molecule has 0 bridgehead atoms. The lowest BCUT2D eigenvalue weighted by atomic mass is 9.85. The number of carboxylic acids is 1. The molecule has 4 rings (SSSR count). The minimum atomic E-state index is -1.15. The van der Waals surface area contributed by atoms with E-state index in [0.717, 1.165) is 17.3 Å². The number of aliphatic carboxylic acids is 1. The molecule has 0 saturated carbocycles. The van der Waals surface area contributed by atoms with Crippen molar-refractivity contribution in [3.63, 3.8) is 0 Å². The lowest BCUT2D eigenvalue weighted by Crippen LogP contribution is -2.14. The van der Waals surface area contributed by atoms with E-state index in [0.29, 0.717) is 22.2 Å². The second-order valence-electron chi connectivity index (χ2n) is 8.95. The van der Waals surface area contributed by atoms with Gasteiger partial charge in [-0.2, -0.15) is 8.75 Å². The van der Waals surface area contributed by atoms with Gasteiger partial charge < -0.3 is 5.11 Å². The van der Waals surface area contributed by atoms with E-state index in [1.165, 1.54) is 5.56 Å². The monoisotopic (exact) mass is 456 g/mol. The number of ketones is 1. The van der Waals surface area contributed by atoms with Crippen LogP contribution >= 0.6 is 11.7 Å². The van der Waals surface area contributed by atoms with Crippen LogP contribution in [0.15, 0.2) is 78.4 Å². The summed E-state index contributed by atoms with van der Waals surface area (Å²) in [5.41, 5.74) is 4.46. The number of fused-ring (bicyclic) bond motifs is 1. The fourth-order valence-corrected chi connectivity index (χ4v) is 4.25. The van der Waals surface area contributed by atoms with E-state index in [1.54, 1.807) is 42.5 Å². The SMILES string of the molecule is CC(C)(C)c1ccc(C/C(C(=O)c2ccccc2)=C(\C(=O)O)c2ccc3nsnc3c2)cc1. The standard InChI is InChI=1S/C27H24N2O3S/c1-27(2,3)20-12-9-17(10-13-20)15-21(25(30)18-7-5-4-6-8-18)24(26(31)32)19-11-14-22-23(16-19)29-33-28-22/h4-14,16H,15H2,1-3H3,(H,31,32)/b24-21+. The Balaban J connectivity index is 1.86. The number of carboxylic acid groups (broad SMARTS) is 1. The van der Waals surface area contributed by atoms with E-state index in [9.17, 15) is 14.7 Å². The highest BCUT2D eigenvalue weighted by molar-refractivity contribution is 7.00. The topological polar surface area (TPSA) is 80.2 Å². The van der Waals surface area contributed by atoms with Crippen molar-refractivity contribution in [1.29, 1.82) is 0 Å². The van der Waals surface area contributed by atoms with Gasteiger partial charge in [0.15, 0.2) is 5.78 Å². The zero-order valence-corrected chi connectivity index (χ0v) is 19.5. The molecule has 0 aliphatic rings. The summed E-state index contributed by atoms with van der Waals surface area (Å²) < 4.78 is 8.42. The van der Waals surface area contributed by atoms with E-state index in [2.05, 4.69) is 29.5 Å². The van der Waals surface area contributed by atoms with Gasteiger partial charge in [-0.3, -0.25) is 4.79 Å². The van der Waals surface area contributed by atoms with Crippen molar-refractivity contribution in [2.24, 2.45) is 0 Å². The fraction of sp³-hybridized carbons (Fsp3) is 0.185. The normalized spacial score (nSPS) is 12.5. The highest BCUT2D eigenvalue weighted by Crippen LogP contribution is 2.29. The van der Waals surface area contributed by atoms with Crippen LogP contribution in [0.1, 0.15) is 47.8 Å². The van der Waals surface area contributed by atoms with Crippen molar-refractivity contribution in [2.45, 2.75) is 32.6 Å². The molecular weight excluding hydrogens is 432 g/mol. The highest BCUT2D eigenvalue weighted by atomic mass is 32.1. The molecule has 1 N–H and O–H groups in total. The molecule has 0 unspecified atom stereocenters. The molecule has 0 amide bonds. The van der Waals surface area contributed by atoms with Crippen molar-refractivity contribution >= 4 is 40.1 Å². The predicted octanol–water partition coefficient (Wildman–Crippen LogP) is 5.95. The zero-order chi connectivity index (χ0) is 23.6. The van der Waals surface area contributed by atoms with Crippen LogP contribution in [0.5, 0.6) is 0 Å². The number of carbonyl (C=O) groups excluding carboxylic acids is 1. The van der Waals surface area contributed by atoms with Crippen LogP contribution in [0.2, 0.25) is 0 Å². The Morgan fingerprint density at radius 2 is 1.52 bits per heavy atom. The number of Topliss-reactive ketones (excluding diaryl/α,β-unsaturated/α-hetero) is 1. The molecule has 5 nitrogen and oxygen atoms in total. The molecule has 3 aromatic carbocycles. The number of benzene rings is 3. The summed E-state index contributed by atoms with van der Waals surface area (Å²) in [6, 6.07) is 21.9. The smallest absolute Gasteiger partial charge is 0.336 e. The van der Waals surface area contributed by atoms with Crippen LogP contribution in [0.4, 0.5) is 0 Å². The second kappa shape index (κ2) is 9.08. The number of allylic oxidation sites excluding steroid dienone is 1. The number of hydrogen-bond acceptors (Lipinski definition) is 5. The van der Waals surface area contributed by atoms with Crippen LogP contribution in [-0.4, -0.2) is 25.6 Å². The van der Waals surface area contributed by atoms with Gasteiger partial charge in [-0.1, -0.05) is 81.4 Å². The number of rotatable bonds is 6. The quantitative estimate of drug-likeness (QED) is 0.286. The van der Waals surface area contributed by atoms with Gasteiger partial charge >= 0.3 is 5.97 Å². The summed E-state index contributed by atoms with van der Waals surface area (Å²) in [5.74, 6) is -1.45. The molecule has 6 heteroatoms. The second-order valence-corrected chi connectivity index (χ2v) is 9.47. The van der Waals surface area contributed by atoms with Crippen LogP contribution < -0.4 is 0 Å². The van der Waals surface area contributed by atoms with Crippen molar-refractivity contribution < 1.29 is 14.7 Å². The Morgan fingerprint density at radius 1 is 0.848 bits per heavy atom.